The smallest absolute Gasteiger partial charge is 0.336 e. The Morgan fingerprint density at radius 2 is 1.71 bits per heavy atom. The molecule has 0 saturated carbocycles. The Morgan fingerprint density at radius 1 is 1.00 bits per heavy atom. The van der Waals surface area contributed by atoms with Crippen LogP contribution in [0.25, 0.3) is 5.69 Å². The highest BCUT2D eigenvalue weighted by Crippen LogP contribution is 2.29. The summed E-state index contributed by atoms with van der Waals surface area (Å²) in [5.74, 6) is -0.130. The third-order valence-corrected chi connectivity index (χ3v) is 5.63. The van der Waals surface area contributed by atoms with E-state index in [1.165, 1.54) is 12.1 Å². The molecule has 0 atom stereocenters. The SMILES string of the molecule is O=C(c1c[nH]c(=S)n1-c1ccccc1)N1CCN(Cc2cccc(C(F)(F)F)c2)CC1. The van der Waals surface area contributed by atoms with Crippen LogP contribution in [0.4, 0.5) is 13.2 Å². The van der Waals surface area contributed by atoms with Crippen molar-refractivity contribution in [2.24, 2.45) is 0 Å². The predicted molar refractivity (Wildman–Crippen MR) is 114 cm³/mol. The third-order valence-electron chi connectivity index (χ3n) is 5.33. The van der Waals surface area contributed by atoms with Gasteiger partial charge >= 0.3 is 6.18 Å². The molecule has 9 heteroatoms. The first kappa shape index (κ1) is 21.3. The lowest BCUT2D eigenvalue weighted by Crippen LogP contribution is -2.48. The van der Waals surface area contributed by atoms with Crippen LogP contribution in [0, 0.1) is 4.77 Å². The van der Waals surface area contributed by atoms with Crippen molar-refractivity contribution >= 4 is 18.1 Å². The minimum absolute atomic E-state index is 0.130. The summed E-state index contributed by atoms with van der Waals surface area (Å²) in [6.45, 7) is 2.56. The van der Waals surface area contributed by atoms with E-state index in [0.29, 0.717) is 48.8 Å². The summed E-state index contributed by atoms with van der Waals surface area (Å²) in [6, 6.07) is 14.8. The van der Waals surface area contributed by atoms with Crippen LogP contribution in [0.5, 0.6) is 0 Å². The van der Waals surface area contributed by atoms with Crippen LogP contribution in [-0.2, 0) is 12.7 Å². The highest BCUT2D eigenvalue weighted by Gasteiger charge is 2.31. The summed E-state index contributed by atoms with van der Waals surface area (Å²) in [7, 11) is 0. The number of nitrogens with one attached hydrogen (secondary N) is 1. The van der Waals surface area contributed by atoms with Gasteiger partial charge in [0.2, 0.25) is 0 Å². The Hall–Kier alpha value is -2.91. The first-order chi connectivity index (χ1) is 14.8. The van der Waals surface area contributed by atoms with E-state index in [2.05, 4.69) is 9.88 Å². The zero-order valence-electron chi connectivity index (χ0n) is 16.6. The number of aromatic nitrogens is 2. The number of piperazine rings is 1. The number of carbonyl (C=O) groups is 1. The number of nitrogens with zero attached hydrogens (tertiary/aromatic N) is 3. The fourth-order valence-corrected chi connectivity index (χ4v) is 4.00. The van der Waals surface area contributed by atoms with Gasteiger partial charge in [0.15, 0.2) is 4.77 Å². The van der Waals surface area contributed by atoms with Gasteiger partial charge in [-0.25, -0.2) is 0 Å². The zero-order valence-corrected chi connectivity index (χ0v) is 17.4. The average Bonchev–Trinajstić information content (AvgIpc) is 3.15. The lowest BCUT2D eigenvalue weighted by molar-refractivity contribution is -0.137. The van der Waals surface area contributed by atoms with Gasteiger partial charge in [0.1, 0.15) is 5.69 Å². The summed E-state index contributed by atoms with van der Waals surface area (Å²) in [5.41, 5.74) is 1.23. The van der Waals surface area contributed by atoms with E-state index in [1.54, 1.807) is 21.7 Å². The van der Waals surface area contributed by atoms with Crippen molar-refractivity contribution < 1.29 is 18.0 Å². The Balaban J connectivity index is 1.42. The van der Waals surface area contributed by atoms with Crippen molar-refractivity contribution in [2.45, 2.75) is 12.7 Å². The van der Waals surface area contributed by atoms with Crippen molar-refractivity contribution in [3.05, 3.63) is 82.4 Å². The maximum absolute atomic E-state index is 13.1. The van der Waals surface area contributed by atoms with E-state index in [-0.39, 0.29) is 5.91 Å². The second-order valence-corrected chi connectivity index (χ2v) is 7.80. The molecule has 1 amide bonds. The number of hydrogen-bond donors (Lipinski definition) is 1. The largest absolute Gasteiger partial charge is 0.416 e. The van der Waals surface area contributed by atoms with Crippen LogP contribution >= 0.6 is 12.2 Å². The maximum Gasteiger partial charge on any atom is 0.416 e. The molecule has 1 saturated heterocycles. The van der Waals surface area contributed by atoms with E-state index < -0.39 is 11.7 Å². The number of amides is 1. The van der Waals surface area contributed by atoms with Gasteiger partial charge in [-0.3, -0.25) is 14.3 Å². The number of alkyl halides is 3. The van der Waals surface area contributed by atoms with E-state index in [1.807, 2.05) is 30.3 Å². The van der Waals surface area contributed by atoms with Gasteiger partial charge < -0.3 is 9.88 Å². The Kier molecular flexibility index (Phi) is 5.97. The molecule has 3 aromatic rings. The van der Waals surface area contributed by atoms with Crippen LogP contribution in [-0.4, -0.2) is 51.4 Å². The molecule has 162 valence electrons. The molecule has 1 fully saturated rings. The number of para-hydroxylation sites is 1. The van der Waals surface area contributed by atoms with Crippen LogP contribution in [0.3, 0.4) is 0 Å². The van der Waals surface area contributed by atoms with E-state index >= 15 is 0 Å². The molecular weight excluding hydrogens is 425 g/mol. The van der Waals surface area contributed by atoms with Crippen molar-refractivity contribution in [3.63, 3.8) is 0 Å². The molecule has 0 unspecified atom stereocenters. The monoisotopic (exact) mass is 446 g/mol. The predicted octanol–water partition coefficient (Wildman–Crippen LogP) is 4.51. The summed E-state index contributed by atoms with van der Waals surface area (Å²) < 4.78 is 41.0. The first-order valence-corrected chi connectivity index (χ1v) is 10.3. The Labute approximate surface area is 182 Å². The van der Waals surface area contributed by atoms with Crippen molar-refractivity contribution in [2.75, 3.05) is 26.2 Å². The highest BCUT2D eigenvalue weighted by atomic mass is 32.1. The summed E-state index contributed by atoms with van der Waals surface area (Å²) in [6.07, 6.45) is -2.73. The van der Waals surface area contributed by atoms with E-state index in [9.17, 15) is 18.0 Å². The van der Waals surface area contributed by atoms with Gasteiger partial charge in [-0.15, -0.1) is 0 Å². The minimum Gasteiger partial charge on any atom is -0.336 e. The Morgan fingerprint density at radius 3 is 2.39 bits per heavy atom. The average molecular weight is 446 g/mol. The number of carbonyl (C=O) groups excluding carboxylic acids is 1. The maximum atomic E-state index is 13.1. The fraction of sp³-hybridized carbons (Fsp3) is 0.273. The summed E-state index contributed by atoms with van der Waals surface area (Å²) in [4.78, 5) is 19.9. The normalized spacial score (nSPS) is 15.3. The molecule has 1 aromatic heterocycles. The fourth-order valence-electron chi connectivity index (χ4n) is 3.73. The van der Waals surface area contributed by atoms with Gasteiger partial charge in [0.05, 0.1) is 5.56 Å². The molecule has 0 bridgehead atoms. The van der Waals surface area contributed by atoms with E-state index in [4.69, 9.17) is 12.2 Å². The number of H-pyrrole nitrogens is 1. The molecule has 1 aliphatic rings. The van der Waals surface area contributed by atoms with Crippen LogP contribution in [0.15, 0.2) is 60.8 Å². The molecule has 31 heavy (non-hydrogen) atoms. The van der Waals surface area contributed by atoms with Gasteiger partial charge in [-0.05, 0) is 36.0 Å². The first-order valence-electron chi connectivity index (χ1n) is 9.86. The molecule has 2 aromatic carbocycles. The molecule has 1 aliphatic heterocycles. The van der Waals surface area contributed by atoms with Gasteiger partial charge in [0.25, 0.3) is 5.91 Å². The number of halogens is 3. The van der Waals surface area contributed by atoms with Gasteiger partial charge in [0, 0.05) is 44.6 Å². The summed E-state index contributed by atoms with van der Waals surface area (Å²) >= 11 is 5.35. The highest BCUT2D eigenvalue weighted by molar-refractivity contribution is 7.71. The molecule has 0 radical (unpaired) electrons. The molecule has 5 nitrogen and oxygen atoms in total. The van der Waals surface area contributed by atoms with Gasteiger partial charge in [-0.1, -0.05) is 36.4 Å². The number of hydrogen-bond acceptors (Lipinski definition) is 3. The summed E-state index contributed by atoms with van der Waals surface area (Å²) in [5, 5.41) is 0. The van der Waals surface area contributed by atoms with Crippen molar-refractivity contribution in [1.82, 2.24) is 19.4 Å². The van der Waals surface area contributed by atoms with Gasteiger partial charge in [-0.2, -0.15) is 13.2 Å². The van der Waals surface area contributed by atoms with Crippen molar-refractivity contribution in [1.29, 1.82) is 0 Å². The standard InChI is InChI=1S/C22H21F3N4OS/c23-22(24,25)17-6-4-5-16(13-17)15-27-9-11-28(12-10-27)20(30)19-14-26-21(31)29(19)18-7-2-1-3-8-18/h1-8,13-14H,9-12,15H2,(H,26,31). The quantitative estimate of drug-likeness (QED) is 0.600. The van der Waals surface area contributed by atoms with Crippen molar-refractivity contribution in [3.8, 4) is 5.69 Å². The number of aromatic amines is 1. The van der Waals surface area contributed by atoms with E-state index in [0.717, 1.165) is 11.8 Å². The zero-order chi connectivity index (χ0) is 22.0. The van der Waals surface area contributed by atoms with Crippen LogP contribution in [0.1, 0.15) is 21.6 Å². The molecule has 1 N–H and O–H groups in total. The number of rotatable bonds is 4. The second kappa shape index (κ2) is 8.68. The minimum atomic E-state index is -4.35. The Bertz CT molecular complexity index is 1120. The number of imidazole rings is 1. The molecule has 4 rings (SSSR count). The third kappa shape index (κ3) is 4.72. The molecular formula is C22H21F3N4OS. The molecule has 2 heterocycles. The number of benzene rings is 2. The molecule has 0 aliphatic carbocycles. The lowest BCUT2D eigenvalue weighted by atomic mass is 10.1. The lowest BCUT2D eigenvalue weighted by Gasteiger charge is -2.34. The van der Waals surface area contributed by atoms with Crippen LogP contribution < -0.4 is 0 Å². The van der Waals surface area contributed by atoms with Crippen LogP contribution in [0.2, 0.25) is 0 Å². The second-order valence-electron chi connectivity index (χ2n) is 7.42. The molecule has 0 spiro atoms. The topological polar surface area (TPSA) is 44.3 Å².